The average Bonchev–Trinajstić information content (AvgIpc) is 2.54. The molecular weight excluding hydrogens is 320 g/mol. The van der Waals surface area contributed by atoms with Crippen molar-refractivity contribution >= 4 is 24.0 Å². The largest absolute Gasteiger partial charge is 0.355 e. The minimum atomic E-state index is -0.420. The molecule has 0 unspecified atom stereocenters. The van der Waals surface area contributed by atoms with E-state index >= 15 is 0 Å². The van der Waals surface area contributed by atoms with Crippen LogP contribution < -0.4 is 10.6 Å². The highest BCUT2D eigenvalue weighted by Crippen LogP contribution is 2.14. The van der Waals surface area contributed by atoms with Crippen molar-refractivity contribution in [2.24, 2.45) is 0 Å². The number of amides is 1. The van der Waals surface area contributed by atoms with Gasteiger partial charge in [0.25, 0.3) is 5.69 Å². The van der Waals surface area contributed by atoms with Crippen LogP contribution in [0, 0.1) is 10.1 Å². The summed E-state index contributed by atoms with van der Waals surface area (Å²) in [4.78, 5) is 24.4. The summed E-state index contributed by atoms with van der Waals surface area (Å²) in [5, 5.41) is 16.9. The number of hydrogen-bond acceptors (Lipinski definition) is 5. The third-order valence-corrected chi connectivity index (χ3v) is 3.72. The summed E-state index contributed by atoms with van der Waals surface area (Å²) in [5.74, 6) is -0.0124. The number of nitrogens with one attached hydrogen (secondary N) is 2. The van der Waals surface area contributed by atoms with Crippen LogP contribution in [0.3, 0.4) is 0 Å². The van der Waals surface area contributed by atoms with Gasteiger partial charge in [0.2, 0.25) is 5.91 Å². The molecule has 0 bridgehead atoms. The molecule has 0 aromatic heterocycles. The molecule has 1 fully saturated rings. The van der Waals surface area contributed by atoms with Gasteiger partial charge in [-0.15, -0.1) is 12.4 Å². The summed E-state index contributed by atoms with van der Waals surface area (Å²) >= 11 is 0. The van der Waals surface area contributed by atoms with Crippen LogP contribution in [-0.2, 0) is 11.2 Å². The van der Waals surface area contributed by atoms with Gasteiger partial charge in [-0.05, 0) is 12.0 Å². The molecule has 1 amide bonds. The molecule has 7 nitrogen and oxygen atoms in total. The number of benzene rings is 1. The van der Waals surface area contributed by atoms with Crippen LogP contribution in [0.15, 0.2) is 24.3 Å². The Hall–Kier alpha value is -1.70. The fourth-order valence-electron chi connectivity index (χ4n) is 2.46. The number of hydrogen-bond donors (Lipinski definition) is 2. The highest BCUT2D eigenvalue weighted by Gasteiger charge is 2.10. The summed E-state index contributed by atoms with van der Waals surface area (Å²) in [7, 11) is 0. The maximum atomic E-state index is 11.8. The Labute approximate surface area is 142 Å². The SMILES string of the molecule is Cl.O=C(CCc1cccc([N+](=O)[O-])c1)NCCN1CCNCC1. The molecule has 1 heterocycles. The fraction of sp³-hybridized carbons (Fsp3) is 0.533. The highest BCUT2D eigenvalue weighted by molar-refractivity contribution is 5.85. The molecule has 8 heteroatoms. The Morgan fingerprint density at radius 2 is 2.09 bits per heavy atom. The number of nitro groups is 1. The predicted molar refractivity (Wildman–Crippen MR) is 91.0 cm³/mol. The Morgan fingerprint density at radius 3 is 2.78 bits per heavy atom. The number of nitro benzene ring substituents is 1. The second-order valence-electron chi connectivity index (χ2n) is 5.37. The lowest BCUT2D eigenvalue weighted by Crippen LogP contribution is -2.46. The standard InChI is InChI=1S/C15H22N4O3.ClH/c20-15(17-8-11-18-9-6-16-7-10-18)5-4-13-2-1-3-14(12-13)19(21)22;/h1-3,12,16H,4-11H2,(H,17,20);1H. The minimum Gasteiger partial charge on any atom is -0.355 e. The molecule has 0 saturated carbocycles. The van der Waals surface area contributed by atoms with Crippen molar-refractivity contribution in [2.75, 3.05) is 39.3 Å². The molecule has 2 rings (SSSR count). The zero-order valence-corrected chi connectivity index (χ0v) is 13.8. The molecule has 1 aromatic rings. The first kappa shape index (κ1) is 19.3. The lowest BCUT2D eigenvalue weighted by atomic mass is 10.1. The van der Waals surface area contributed by atoms with Crippen molar-refractivity contribution < 1.29 is 9.72 Å². The second-order valence-corrected chi connectivity index (χ2v) is 5.37. The van der Waals surface area contributed by atoms with Gasteiger partial charge in [0.1, 0.15) is 0 Å². The number of rotatable bonds is 7. The number of aryl methyl sites for hydroxylation is 1. The Balaban J connectivity index is 0.00000264. The molecule has 0 aliphatic carbocycles. The first-order chi connectivity index (χ1) is 10.6. The molecule has 23 heavy (non-hydrogen) atoms. The molecular formula is C15H23ClN4O3. The van der Waals surface area contributed by atoms with Crippen molar-refractivity contribution in [1.29, 1.82) is 0 Å². The van der Waals surface area contributed by atoms with Crippen LogP contribution >= 0.6 is 12.4 Å². The van der Waals surface area contributed by atoms with E-state index in [9.17, 15) is 14.9 Å². The average molecular weight is 343 g/mol. The molecule has 1 aliphatic heterocycles. The Morgan fingerprint density at radius 1 is 1.35 bits per heavy atom. The minimum absolute atomic E-state index is 0. The Kier molecular flexibility index (Phi) is 8.53. The number of piperazine rings is 1. The molecule has 128 valence electrons. The topological polar surface area (TPSA) is 87.5 Å². The summed E-state index contributed by atoms with van der Waals surface area (Å²) in [5.41, 5.74) is 0.878. The van der Waals surface area contributed by atoms with Crippen LogP contribution in [0.2, 0.25) is 0 Å². The van der Waals surface area contributed by atoms with E-state index in [1.807, 2.05) is 0 Å². The van der Waals surface area contributed by atoms with Gasteiger partial charge in [-0.2, -0.15) is 0 Å². The predicted octanol–water partition coefficient (Wildman–Crippen LogP) is 0.971. The normalized spacial score (nSPS) is 14.8. The van der Waals surface area contributed by atoms with E-state index < -0.39 is 4.92 Å². The molecule has 0 atom stereocenters. The molecule has 1 saturated heterocycles. The van der Waals surface area contributed by atoms with Gasteiger partial charge >= 0.3 is 0 Å². The summed E-state index contributed by atoms with van der Waals surface area (Å²) in [6.45, 7) is 5.55. The van der Waals surface area contributed by atoms with Crippen LogP contribution in [0.4, 0.5) is 5.69 Å². The lowest BCUT2D eigenvalue weighted by Gasteiger charge is -2.27. The van der Waals surface area contributed by atoms with Gasteiger partial charge in [-0.25, -0.2) is 0 Å². The first-order valence-electron chi connectivity index (χ1n) is 7.58. The van der Waals surface area contributed by atoms with Gasteiger partial charge in [-0.3, -0.25) is 19.8 Å². The van der Waals surface area contributed by atoms with Gasteiger partial charge in [0.05, 0.1) is 4.92 Å². The fourth-order valence-corrected chi connectivity index (χ4v) is 2.46. The van der Waals surface area contributed by atoms with Crippen LogP contribution in [-0.4, -0.2) is 55.0 Å². The quantitative estimate of drug-likeness (QED) is 0.569. The molecule has 1 aromatic carbocycles. The van der Waals surface area contributed by atoms with Gasteiger partial charge in [-0.1, -0.05) is 12.1 Å². The monoisotopic (exact) mass is 342 g/mol. The second kappa shape index (κ2) is 10.1. The van der Waals surface area contributed by atoms with E-state index in [0.717, 1.165) is 38.3 Å². The van der Waals surface area contributed by atoms with E-state index in [4.69, 9.17) is 0 Å². The van der Waals surface area contributed by atoms with Gasteiger partial charge in [0, 0.05) is 57.8 Å². The van der Waals surface area contributed by atoms with E-state index in [0.29, 0.717) is 19.4 Å². The van der Waals surface area contributed by atoms with E-state index in [1.165, 1.54) is 12.1 Å². The first-order valence-corrected chi connectivity index (χ1v) is 7.58. The van der Waals surface area contributed by atoms with Crippen molar-refractivity contribution in [2.45, 2.75) is 12.8 Å². The third-order valence-electron chi connectivity index (χ3n) is 3.72. The maximum Gasteiger partial charge on any atom is 0.269 e. The van der Waals surface area contributed by atoms with Crippen molar-refractivity contribution in [3.8, 4) is 0 Å². The van der Waals surface area contributed by atoms with Crippen LogP contribution in [0.25, 0.3) is 0 Å². The zero-order chi connectivity index (χ0) is 15.8. The van der Waals surface area contributed by atoms with Gasteiger partial charge in [0.15, 0.2) is 0 Å². The van der Waals surface area contributed by atoms with E-state index in [2.05, 4.69) is 15.5 Å². The summed E-state index contributed by atoms with van der Waals surface area (Å²) < 4.78 is 0. The lowest BCUT2D eigenvalue weighted by molar-refractivity contribution is -0.384. The highest BCUT2D eigenvalue weighted by atomic mass is 35.5. The Bertz CT molecular complexity index is 521. The van der Waals surface area contributed by atoms with Crippen molar-refractivity contribution in [1.82, 2.24) is 15.5 Å². The molecule has 2 N–H and O–H groups in total. The number of carbonyl (C=O) groups is 1. The molecule has 0 radical (unpaired) electrons. The van der Waals surface area contributed by atoms with Crippen molar-refractivity contribution in [3.63, 3.8) is 0 Å². The number of halogens is 1. The van der Waals surface area contributed by atoms with Crippen LogP contribution in [0.5, 0.6) is 0 Å². The van der Waals surface area contributed by atoms with Crippen molar-refractivity contribution in [3.05, 3.63) is 39.9 Å². The molecule has 1 aliphatic rings. The smallest absolute Gasteiger partial charge is 0.269 e. The summed E-state index contributed by atoms with van der Waals surface area (Å²) in [6, 6.07) is 6.43. The van der Waals surface area contributed by atoms with Gasteiger partial charge < -0.3 is 10.6 Å². The summed E-state index contributed by atoms with van der Waals surface area (Å²) in [6.07, 6.45) is 0.865. The van der Waals surface area contributed by atoms with E-state index in [1.54, 1.807) is 12.1 Å². The third kappa shape index (κ3) is 6.94. The number of non-ortho nitro benzene ring substituents is 1. The number of carbonyl (C=O) groups excluding carboxylic acids is 1. The number of nitrogens with zero attached hydrogens (tertiary/aromatic N) is 2. The molecule has 0 spiro atoms. The van der Waals surface area contributed by atoms with E-state index in [-0.39, 0.29) is 24.0 Å². The zero-order valence-electron chi connectivity index (χ0n) is 13.0. The van der Waals surface area contributed by atoms with Crippen LogP contribution in [0.1, 0.15) is 12.0 Å². The maximum absolute atomic E-state index is 11.8.